The van der Waals surface area contributed by atoms with E-state index >= 15 is 0 Å². The number of rotatable bonds is 2. The maximum absolute atomic E-state index is 12.4. The van der Waals surface area contributed by atoms with Crippen molar-refractivity contribution in [2.24, 2.45) is 22.7 Å². The number of carbonyl (C=O) groups is 1. The summed E-state index contributed by atoms with van der Waals surface area (Å²) < 4.78 is 27.4. The molecule has 2 saturated carbocycles. The van der Waals surface area contributed by atoms with Crippen molar-refractivity contribution in [3.05, 3.63) is 12.2 Å². The molecule has 1 spiro atoms. The molecule has 1 N–H and O–H groups in total. The standard InChI is InChI=1S/C14H21NO3S/c1-4-5-10(16)11-9-6-7-14(13(9,2)3)8-15-19(17,18)12(11)14/h4-5,9,11-12,15H,6-8H2,1-3H3/t9?,11?,12-,14?/m0/s1. The molecule has 0 aromatic carbocycles. The van der Waals surface area contributed by atoms with Gasteiger partial charge in [-0.15, -0.1) is 0 Å². The Labute approximate surface area is 114 Å². The zero-order valence-corrected chi connectivity index (χ0v) is 12.5. The second-order valence-corrected chi connectivity index (χ2v) is 8.62. The predicted octanol–water partition coefficient (Wildman–Crippen LogP) is 1.49. The van der Waals surface area contributed by atoms with Crippen LogP contribution in [-0.2, 0) is 14.8 Å². The summed E-state index contributed by atoms with van der Waals surface area (Å²) in [6.07, 6.45) is 5.14. The molecule has 106 valence electrons. The molecular weight excluding hydrogens is 262 g/mol. The monoisotopic (exact) mass is 283 g/mol. The summed E-state index contributed by atoms with van der Waals surface area (Å²) in [5.41, 5.74) is -0.339. The smallest absolute Gasteiger partial charge is 0.215 e. The second kappa shape index (κ2) is 3.70. The highest BCUT2D eigenvalue weighted by Gasteiger charge is 2.75. The zero-order chi connectivity index (χ0) is 14.1. The minimum absolute atomic E-state index is 0.0144. The van der Waals surface area contributed by atoms with E-state index in [1.807, 2.05) is 0 Å². The van der Waals surface area contributed by atoms with Crippen molar-refractivity contribution in [2.45, 2.75) is 38.9 Å². The number of carbonyl (C=O) groups excluding carboxylic acids is 1. The van der Waals surface area contributed by atoms with E-state index in [1.54, 1.807) is 19.1 Å². The van der Waals surface area contributed by atoms with Gasteiger partial charge >= 0.3 is 0 Å². The first kappa shape index (κ1) is 13.3. The summed E-state index contributed by atoms with van der Waals surface area (Å²) in [6.45, 7) is 6.59. The number of fused-ring (bicyclic) bond motifs is 1. The van der Waals surface area contributed by atoms with Crippen LogP contribution in [0.4, 0.5) is 0 Å². The maximum atomic E-state index is 12.4. The third-order valence-electron chi connectivity index (χ3n) is 6.00. The summed E-state index contributed by atoms with van der Waals surface area (Å²) in [5, 5.41) is -0.530. The van der Waals surface area contributed by atoms with Crippen LogP contribution in [0.15, 0.2) is 12.2 Å². The molecule has 1 saturated heterocycles. The van der Waals surface area contributed by atoms with Crippen LogP contribution in [-0.4, -0.2) is 26.0 Å². The van der Waals surface area contributed by atoms with Crippen molar-refractivity contribution < 1.29 is 13.2 Å². The average molecular weight is 283 g/mol. The fraction of sp³-hybridized carbons (Fsp3) is 0.786. The highest BCUT2D eigenvalue weighted by atomic mass is 32.2. The van der Waals surface area contributed by atoms with Crippen LogP contribution in [0.25, 0.3) is 0 Å². The van der Waals surface area contributed by atoms with E-state index in [-0.39, 0.29) is 28.4 Å². The van der Waals surface area contributed by atoms with E-state index in [9.17, 15) is 13.2 Å². The van der Waals surface area contributed by atoms with Gasteiger partial charge in [0.1, 0.15) is 0 Å². The molecular formula is C14H21NO3S. The van der Waals surface area contributed by atoms with Gasteiger partial charge in [-0.25, -0.2) is 13.1 Å². The summed E-state index contributed by atoms with van der Waals surface area (Å²) >= 11 is 0. The number of sulfonamides is 1. The van der Waals surface area contributed by atoms with Crippen molar-refractivity contribution in [1.29, 1.82) is 0 Å². The lowest BCUT2D eigenvalue weighted by atomic mass is 9.69. The molecule has 1 heterocycles. The first-order valence-electron chi connectivity index (χ1n) is 6.93. The molecule has 4 nitrogen and oxygen atoms in total. The number of hydrogen-bond donors (Lipinski definition) is 1. The van der Waals surface area contributed by atoms with Crippen molar-refractivity contribution in [3.8, 4) is 0 Å². The zero-order valence-electron chi connectivity index (χ0n) is 11.6. The van der Waals surface area contributed by atoms with Crippen molar-refractivity contribution in [1.82, 2.24) is 4.72 Å². The molecule has 1 aliphatic heterocycles. The van der Waals surface area contributed by atoms with Gasteiger partial charge in [0.2, 0.25) is 10.0 Å². The molecule has 19 heavy (non-hydrogen) atoms. The Bertz CT molecular complexity index is 563. The molecule has 3 unspecified atom stereocenters. The lowest BCUT2D eigenvalue weighted by Crippen LogP contribution is -2.42. The first-order valence-corrected chi connectivity index (χ1v) is 8.47. The topological polar surface area (TPSA) is 63.2 Å². The molecule has 5 heteroatoms. The van der Waals surface area contributed by atoms with Crippen LogP contribution in [0.3, 0.4) is 0 Å². The first-order chi connectivity index (χ1) is 8.78. The molecule has 3 rings (SSSR count). The van der Waals surface area contributed by atoms with Gasteiger partial charge in [0.15, 0.2) is 5.78 Å². The molecule has 0 aromatic rings. The van der Waals surface area contributed by atoms with E-state index in [2.05, 4.69) is 18.6 Å². The third-order valence-corrected chi connectivity index (χ3v) is 7.96. The normalized spacial score (nSPS) is 45.7. The predicted molar refractivity (Wildman–Crippen MR) is 73.0 cm³/mol. The van der Waals surface area contributed by atoms with Gasteiger partial charge in [-0.2, -0.15) is 0 Å². The van der Waals surface area contributed by atoms with E-state index in [4.69, 9.17) is 0 Å². The Balaban J connectivity index is 2.15. The third kappa shape index (κ3) is 1.38. The summed E-state index contributed by atoms with van der Waals surface area (Å²) in [7, 11) is -3.35. The maximum Gasteiger partial charge on any atom is 0.215 e. The van der Waals surface area contributed by atoms with Crippen LogP contribution in [0, 0.1) is 22.7 Å². The van der Waals surface area contributed by atoms with E-state index in [1.165, 1.54) is 0 Å². The highest BCUT2D eigenvalue weighted by Crippen LogP contribution is 2.70. The largest absolute Gasteiger partial charge is 0.294 e. The van der Waals surface area contributed by atoms with Crippen LogP contribution in [0.2, 0.25) is 0 Å². The Morgan fingerprint density at radius 1 is 1.37 bits per heavy atom. The fourth-order valence-corrected chi connectivity index (χ4v) is 7.45. The van der Waals surface area contributed by atoms with Crippen LogP contribution in [0.1, 0.15) is 33.6 Å². The van der Waals surface area contributed by atoms with Crippen LogP contribution in [0.5, 0.6) is 0 Å². The van der Waals surface area contributed by atoms with E-state index in [0.29, 0.717) is 6.54 Å². The van der Waals surface area contributed by atoms with E-state index in [0.717, 1.165) is 12.8 Å². The summed E-state index contributed by atoms with van der Waals surface area (Å²) in [4.78, 5) is 12.4. The minimum atomic E-state index is -3.35. The van der Waals surface area contributed by atoms with Gasteiger partial charge in [0, 0.05) is 17.9 Å². The fourth-order valence-electron chi connectivity index (χ4n) is 5.01. The van der Waals surface area contributed by atoms with Crippen LogP contribution >= 0.6 is 0 Å². The van der Waals surface area contributed by atoms with Gasteiger partial charge in [0.25, 0.3) is 0 Å². The van der Waals surface area contributed by atoms with Crippen LogP contribution < -0.4 is 4.72 Å². The summed E-state index contributed by atoms with van der Waals surface area (Å²) in [6, 6.07) is 0. The molecule has 2 bridgehead atoms. The van der Waals surface area contributed by atoms with E-state index < -0.39 is 15.3 Å². The van der Waals surface area contributed by atoms with Gasteiger partial charge in [-0.3, -0.25) is 4.79 Å². The van der Waals surface area contributed by atoms with Crippen molar-refractivity contribution >= 4 is 15.8 Å². The molecule has 0 amide bonds. The van der Waals surface area contributed by atoms with Gasteiger partial charge in [0.05, 0.1) is 5.25 Å². The quantitative estimate of drug-likeness (QED) is 0.781. The van der Waals surface area contributed by atoms with Crippen molar-refractivity contribution in [2.75, 3.05) is 6.54 Å². The molecule has 0 aromatic heterocycles. The Kier molecular flexibility index (Phi) is 2.59. The molecule has 4 atom stereocenters. The van der Waals surface area contributed by atoms with Gasteiger partial charge in [-0.1, -0.05) is 19.9 Å². The Morgan fingerprint density at radius 2 is 2.05 bits per heavy atom. The lowest BCUT2D eigenvalue weighted by Gasteiger charge is -2.36. The average Bonchev–Trinajstić information content (AvgIpc) is 2.82. The van der Waals surface area contributed by atoms with Gasteiger partial charge in [-0.05, 0) is 37.2 Å². The Morgan fingerprint density at radius 3 is 2.68 bits per heavy atom. The number of hydrogen-bond acceptors (Lipinski definition) is 3. The number of nitrogens with one attached hydrogen (secondary N) is 1. The van der Waals surface area contributed by atoms with Crippen molar-refractivity contribution in [3.63, 3.8) is 0 Å². The second-order valence-electron chi connectivity index (χ2n) is 6.74. The SMILES string of the molecule is CC=CC(=O)C1C2CCC3(CNS(=O)(=O)[C@@H]13)C2(C)C. The lowest BCUT2D eigenvalue weighted by molar-refractivity contribution is -0.119. The molecule has 0 radical (unpaired) electrons. The molecule has 3 fully saturated rings. The number of allylic oxidation sites excluding steroid dienone is 2. The molecule has 2 aliphatic carbocycles. The summed E-state index contributed by atoms with van der Waals surface area (Å²) in [5.74, 6) is -0.183. The molecule has 3 aliphatic rings. The highest BCUT2D eigenvalue weighted by molar-refractivity contribution is 7.90. The number of ketones is 1. The minimum Gasteiger partial charge on any atom is -0.294 e. The Hall–Kier alpha value is -0.680. The van der Waals surface area contributed by atoms with Gasteiger partial charge < -0.3 is 0 Å².